The van der Waals surface area contributed by atoms with Crippen LogP contribution in [0.15, 0.2) is 36.4 Å². The van der Waals surface area contributed by atoms with Gasteiger partial charge in [0.1, 0.15) is 16.9 Å². The molecule has 1 aliphatic rings. The number of rotatable bonds is 7. The molecular formula is C30H36F7N3O3S. The fourth-order valence-corrected chi connectivity index (χ4v) is 6.20. The van der Waals surface area contributed by atoms with E-state index in [1.54, 1.807) is 27.7 Å². The van der Waals surface area contributed by atoms with Gasteiger partial charge in [0.2, 0.25) is 0 Å². The van der Waals surface area contributed by atoms with Crippen LogP contribution in [0.4, 0.5) is 35.5 Å². The molecule has 14 heteroatoms. The van der Waals surface area contributed by atoms with Crippen LogP contribution in [0, 0.1) is 12.7 Å². The number of carbonyl (C=O) groups excluding carboxylic acids is 2. The summed E-state index contributed by atoms with van der Waals surface area (Å²) in [5.74, 6) is -0.526. The molecule has 0 bridgehead atoms. The lowest BCUT2D eigenvalue weighted by molar-refractivity contribution is -0.143. The molecule has 44 heavy (non-hydrogen) atoms. The number of hydrogen-bond donors (Lipinski definition) is 1. The standard InChI is InChI=1S/C30H36F7N3O3S/c1-18-13-23(31)7-8-24(18)25-17-28(10-12-41,38-44(43)27(3,4)5)9-11-40(25)26(42)39(6)19(2)20-14-21(29(32,33)34)16-22(15-20)30(35,36)37/h7-8,12-16,19,25,38H,9-11,17H2,1-6H3/t19-,25-,28+,44-/m1/s1. The van der Waals surface area contributed by atoms with Crippen molar-refractivity contribution in [2.24, 2.45) is 0 Å². The van der Waals surface area contributed by atoms with Crippen LogP contribution >= 0.6 is 0 Å². The number of piperidine rings is 1. The Balaban J connectivity index is 2.05. The number of aryl methyl sites for hydroxylation is 1. The molecule has 1 heterocycles. The number of urea groups is 1. The number of nitrogens with zero attached hydrogens (tertiary/aromatic N) is 2. The number of nitrogens with one attached hydrogen (secondary N) is 1. The largest absolute Gasteiger partial charge is 0.598 e. The van der Waals surface area contributed by atoms with E-state index in [-0.39, 0.29) is 37.4 Å². The zero-order chi connectivity index (χ0) is 33.4. The third kappa shape index (κ3) is 8.05. The average molecular weight is 652 g/mol. The second-order valence-electron chi connectivity index (χ2n) is 12.2. The van der Waals surface area contributed by atoms with Crippen LogP contribution < -0.4 is 4.72 Å². The molecule has 0 unspecified atom stereocenters. The predicted octanol–water partition coefficient (Wildman–Crippen LogP) is 7.50. The Labute approximate surface area is 255 Å². The zero-order valence-electron chi connectivity index (χ0n) is 25.2. The molecule has 2 aromatic rings. The first-order valence-electron chi connectivity index (χ1n) is 13.8. The highest BCUT2D eigenvalue weighted by Gasteiger charge is 2.47. The van der Waals surface area contributed by atoms with Gasteiger partial charge < -0.3 is 19.1 Å². The molecule has 0 saturated carbocycles. The van der Waals surface area contributed by atoms with Crippen molar-refractivity contribution in [2.75, 3.05) is 13.6 Å². The van der Waals surface area contributed by atoms with Crippen molar-refractivity contribution < 1.29 is 44.9 Å². The number of carbonyl (C=O) groups is 2. The van der Waals surface area contributed by atoms with Gasteiger partial charge in [-0.3, -0.25) is 0 Å². The van der Waals surface area contributed by atoms with Gasteiger partial charge in [0.25, 0.3) is 0 Å². The fourth-order valence-electron chi connectivity index (χ4n) is 5.23. The van der Waals surface area contributed by atoms with Crippen LogP contribution in [-0.4, -0.2) is 50.5 Å². The minimum atomic E-state index is -5.06. The smallest absolute Gasteiger partial charge is 0.416 e. The first kappa shape index (κ1) is 35.6. The number of likely N-dealkylation sites (tertiary alicyclic amines) is 1. The van der Waals surface area contributed by atoms with Gasteiger partial charge in [-0.1, -0.05) is 6.07 Å². The minimum Gasteiger partial charge on any atom is -0.598 e. The molecular weight excluding hydrogens is 615 g/mol. The van der Waals surface area contributed by atoms with Crippen LogP contribution in [-0.2, 0) is 28.5 Å². The molecule has 1 N–H and O–H groups in total. The van der Waals surface area contributed by atoms with Gasteiger partial charge in [0.05, 0.1) is 28.7 Å². The fraction of sp³-hybridized carbons (Fsp3) is 0.533. The lowest BCUT2D eigenvalue weighted by Crippen LogP contribution is -2.60. The second-order valence-corrected chi connectivity index (χ2v) is 14.2. The maximum absolute atomic E-state index is 14.1. The maximum Gasteiger partial charge on any atom is 0.416 e. The van der Waals surface area contributed by atoms with Crippen LogP contribution in [0.25, 0.3) is 0 Å². The van der Waals surface area contributed by atoms with E-state index >= 15 is 0 Å². The van der Waals surface area contributed by atoms with Crippen molar-refractivity contribution in [3.63, 3.8) is 0 Å². The van der Waals surface area contributed by atoms with E-state index in [2.05, 4.69) is 4.72 Å². The molecule has 2 amide bonds. The van der Waals surface area contributed by atoms with E-state index < -0.39 is 69.1 Å². The summed E-state index contributed by atoms with van der Waals surface area (Å²) in [5.41, 5.74) is -3.37. The Kier molecular flexibility index (Phi) is 10.4. The van der Waals surface area contributed by atoms with Gasteiger partial charge >= 0.3 is 18.4 Å². The van der Waals surface area contributed by atoms with Crippen LogP contribution in [0.3, 0.4) is 0 Å². The van der Waals surface area contributed by atoms with Gasteiger partial charge in [0, 0.05) is 31.4 Å². The van der Waals surface area contributed by atoms with Crippen molar-refractivity contribution >= 4 is 23.7 Å². The van der Waals surface area contributed by atoms with Crippen molar-refractivity contribution in [3.05, 3.63) is 70.0 Å². The molecule has 1 fully saturated rings. The van der Waals surface area contributed by atoms with Crippen LogP contribution in [0.2, 0.25) is 0 Å². The summed E-state index contributed by atoms with van der Waals surface area (Å²) in [4.78, 5) is 28.2. The van der Waals surface area contributed by atoms with Gasteiger partial charge in [-0.2, -0.15) is 26.3 Å². The van der Waals surface area contributed by atoms with E-state index in [0.29, 0.717) is 29.5 Å². The lowest BCUT2D eigenvalue weighted by Gasteiger charge is -2.48. The summed E-state index contributed by atoms with van der Waals surface area (Å²) in [6, 6.07) is 2.43. The zero-order valence-corrected chi connectivity index (χ0v) is 26.0. The molecule has 0 aromatic heterocycles. The van der Waals surface area contributed by atoms with Gasteiger partial charge in [-0.15, -0.1) is 4.72 Å². The normalized spacial score (nSPS) is 21.1. The van der Waals surface area contributed by atoms with Crippen molar-refractivity contribution in [2.45, 2.75) is 88.6 Å². The minimum absolute atomic E-state index is 0.00402. The number of benzene rings is 2. The van der Waals surface area contributed by atoms with E-state index in [1.807, 2.05) is 0 Å². The molecule has 0 aliphatic carbocycles. The molecule has 1 saturated heterocycles. The second kappa shape index (κ2) is 12.9. The van der Waals surface area contributed by atoms with E-state index in [0.717, 1.165) is 4.90 Å². The maximum atomic E-state index is 14.1. The molecule has 3 rings (SSSR count). The summed E-state index contributed by atoms with van der Waals surface area (Å²) < 4.78 is 111. The topological polar surface area (TPSA) is 75.7 Å². The Morgan fingerprint density at radius 2 is 1.68 bits per heavy atom. The summed E-state index contributed by atoms with van der Waals surface area (Å²) in [5, 5.41) is 0. The van der Waals surface area contributed by atoms with Gasteiger partial charge in [-0.05, 0) is 94.5 Å². The molecule has 0 radical (unpaired) electrons. The molecule has 244 valence electrons. The highest BCUT2D eigenvalue weighted by molar-refractivity contribution is 7.90. The van der Waals surface area contributed by atoms with E-state index in [4.69, 9.17) is 0 Å². The molecule has 0 spiro atoms. The van der Waals surface area contributed by atoms with Crippen molar-refractivity contribution in [1.29, 1.82) is 0 Å². The lowest BCUT2D eigenvalue weighted by atomic mass is 9.79. The number of alkyl halides is 6. The Bertz CT molecular complexity index is 1330. The summed E-state index contributed by atoms with van der Waals surface area (Å²) in [7, 11) is 1.27. The Morgan fingerprint density at radius 1 is 1.11 bits per heavy atom. The molecule has 6 nitrogen and oxygen atoms in total. The summed E-state index contributed by atoms with van der Waals surface area (Å²) in [6.45, 7) is 8.19. The van der Waals surface area contributed by atoms with Gasteiger partial charge in [-0.25, -0.2) is 9.18 Å². The number of hydrogen-bond acceptors (Lipinski definition) is 4. The Hall–Kier alpha value is -2.84. The third-order valence-corrected chi connectivity index (χ3v) is 9.67. The monoisotopic (exact) mass is 651 g/mol. The highest BCUT2D eigenvalue weighted by Crippen LogP contribution is 2.42. The first-order chi connectivity index (χ1) is 20.1. The van der Waals surface area contributed by atoms with E-state index in [9.17, 15) is 44.9 Å². The van der Waals surface area contributed by atoms with Crippen LogP contribution in [0.1, 0.15) is 86.9 Å². The summed E-state index contributed by atoms with van der Waals surface area (Å²) >= 11 is -1.60. The Morgan fingerprint density at radius 3 is 2.16 bits per heavy atom. The molecule has 4 atom stereocenters. The number of halogens is 7. The van der Waals surface area contributed by atoms with Gasteiger partial charge in [0.15, 0.2) is 0 Å². The quantitative estimate of drug-likeness (QED) is 0.191. The molecule has 1 aliphatic heterocycles. The third-order valence-electron chi connectivity index (χ3n) is 7.94. The van der Waals surface area contributed by atoms with Crippen molar-refractivity contribution in [1.82, 2.24) is 14.5 Å². The van der Waals surface area contributed by atoms with Crippen molar-refractivity contribution in [3.8, 4) is 0 Å². The SMILES string of the molecule is Cc1cc(F)ccc1[C@H]1C[C@](CC=O)(N[S@+]([O-])C(C)(C)C)CCN1C(=O)N(C)[C@H](C)c1cc(C(F)(F)F)cc(C(F)(F)F)c1. The van der Waals surface area contributed by atoms with E-state index in [1.165, 1.54) is 37.1 Å². The number of aldehydes is 1. The predicted molar refractivity (Wildman–Crippen MR) is 152 cm³/mol. The molecule has 2 aromatic carbocycles. The summed E-state index contributed by atoms with van der Waals surface area (Å²) in [6.07, 6.45) is -9.24. The van der Waals surface area contributed by atoms with Crippen LogP contribution in [0.5, 0.6) is 0 Å². The first-order valence-corrected chi connectivity index (χ1v) is 15.0. The average Bonchev–Trinajstić information content (AvgIpc) is 2.90. The highest BCUT2D eigenvalue weighted by atomic mass is 32.2. The number of amides is 2.